The van der Waals surface area contributed by atoms with Gasteiger partial charge in [0.1, 0.15) is 27.8 Å². The van der Waals surface area contributed by atoms with Crippen molar-refractivity contribution in [1.82, 2.24) is 5.32 Å². The van der Waals surface area contributed by atoms with Crippen LogP contribution in [0.1, 0.15) is 10.4 Å². The third-order valence-corrected chi connectivity index (χ3v) is 2.83. The van der Waals surface area contributed by atoms with Crippen molar-refractivity contribution in [2.75, 3.05) is 13.7 Å². The minimum atomic E-state index is -1.32. The Labute approximate surface area is 115 Å². The maximum absolute atomic E-state index is 13.3. The molecule has 0 saturated heterocycles. The van der Waals surface area contributed by atoms with Crippen molar-refractivity contribution >= 4 is 27.8 Å². The second-order valence-electron chi connectivity index (χ2n) is 3.45. The number of carbonyl (C=O) groups is 2. The summed E-state index contributed by atoms with van der Waals surface area (Å²) >= 11 is 2.92. The van der Waals surface area contributed by atoms with E-state index in [9.17, 15) is 22.8 Å². The minimum absolute atomic E-state index is 0.234. The number of ether oxygens (including phenoxy) is 1. The van der Waals surface area contributed by atoms with Gasteiger partial charge in [0, 0.05) is 18.7 Å². The first-order valence-corrected chi connectivity index (χ1v) is 5.93. The van der Waals surface area contributed by atoms with Crippen LogP contribution >= 0.6 is 15.9 Å². The standard InChI is InChI=1S/C11H9BrF3NO3/c1-19-11(18)6(12)4-16-10(17)9-7(14)2-5(13)3-8(9)15/h2-3,6H,4H2,1H3,(H,16,17). The van der Waals surface area contributed by atoms with E-state index in [1.807, 2.05) is 0 Å². The number of benzene rings is 1. The summed E-state index contributed by atoms with van der Waals surface area (Å²) in [7, 11) is 1.15. The van der Waals surface area contributed by atoms with E-state index < -0.39 is 39.7 Å². The monoisotopic (exact) mass is 339 g/mol. The van der Waals surface area contributed by atoms with Gasteiger partial charge in [0.05, 0.1) is 7.11 Å². The summed E-state index contributed by atoms with van der Waals surface area (Å²) in [5, 5.41) is 2.13. The van der Waals surface area contributed by atoms with E-state index in [1.165, 1.54) is 0 Å². The summed E-state index contributed by atoms with van der Waals surface area (Å²) in [5.41, 5.74) is -0.911. The average Bonchev–Trinajstić information content (AvgIpc) is 2.33. The molecule has 0 aromatic heterocycles. The minimum Gasteiger partial charge on any atom is -0.468 e. The lowest BCUT2D eigenvalue weighted by atomic mass is 10.1. The first-order valence-electron chi connectivity index (χ1n) is 5.01. The highest BCUT2D eigenvalue weighted by atomic mass is 79.9. The number of halogens is 4. The molecule has 8 heteroatoms. The molecule has 0 fully saturated rings. The molecule has 4 nitrogen and oxygen atoms in total. The molecular formula is C11H9BrF3NO3. The van der Waals surface area contributed by atoms with Gasteiger partial charge in [-0.3, -0.25) is 9.59 Å². The molecule has 1 N–H and O–H groups in total. The topological polar surface area (TPSA) is 55.4 Å². The van der Waals surface area contributed by atoms with Crippen LogP contribution in [0.4, 0.5) is 13.2 Å². The van der Waals surface area contributed by atoms with Crippen molar-refractivity contribution in [3.05, 3.63) is 35.1 Å². The number of alkyl halides is 1. The largest absolute Gasteiger partial charge is 0.468 e. The summed E-state index contributed by atoms with van der Waals surface area (Å²) in [6, 6.07) is 0.786. The molecule has 1 aromatic rings. The third kappa shape index (κ3) is 3.95. The van der Waals surface area contributed by atoms with Crippen molar-refractivity contribution < 1.29 is 27.5 Å². The maximum atomic E-state index is 13.3. The van der Waals surface area contributed by atoms with Crippen molar-refractivity contribution in [3.8, 4) is 0 Å². The van der Waals surface area contributed by atoms with Gasteiger partial charge in [0.15, 0.2) is 0 Å². The number of hydrogen-bond donors (Lipinski definition) is 1. The van der Waals surface area contributed by atoms with Crippen LogP contribution in [-0.4, -0.2) is 30.4 Å². The summed E-state index contributed by atoms with van der Waals surface area (Å²) < 4.78 is 43.6. The van der Waals surface area contributed by atoms with Crippen LogP contribution in [0.25, 0.3) is 0 Å². The van der Waals surface area contributed by atoms with Crippen LogP contribution in [-0.2, 0) is 9.53 Å². The highest BCUT2D eigenvalue weighted by Gasteiger charge is 2.21. The molecule has 1 atom stereocenters. The van der Waals surface area contributed by atoms with E-state index in [0.717, 1.165) is 7.11 Å². The second-order valence-corrected chi connectivity index (χ2v) is 4.55. The fraction of sp³-hybridized carbons (Fsp3) is 0.273. The zero-order valence-corrected chi connectivity index (χ0v) is 11.3. The van der Waals surface area contributed by atoms with Gasteiger partial charge in [-0.2, -0.15) is 0 Å². The number of hydrogen-bond acceptors (Lipinski definition) is 3. The van der Waals surface area contributed by atoms with E-state index in [2.05, 4.69) is 26.0 Å². The van der Waals surface area contributed by atoms with Gasteiger partial charge in [-0.05, 0) is 0 Å². The van der Waals surface area contributed by atoms with E-state index in [0.29, 0.717) is 12.1 Å². The van der Waals surface area contributed by atoms with Crippen LogP contribution in [0, 0.1) is 17.5 Å². The van der Waals surface area contributed by atoms with Crippen molar-refractivity contribution in [2.45, 2.75) is 4.83 Å². The van der Waals surface area contributed by atoms with E-state index in [4.69, 9.17) is 0 Å². The Bertz CT molecular complexity index is 487. The Morgan fingerprint density at radius 2 is 1.84 bits per heavy atom. The summed E-state index contributed by atoms with van der Waals surface area (Å²) in [6.07, 6.45) is 0. The third-order valence-electron chi connectivity index (χ3n) is 2.13. The van der Waals surface area contributed by atoms with Crippen LogP contribution in [0.5, 0.6) is 0 Å². The number of amides is 1. The fourth-order valence-electron chi connectivity index (χ4n) is 1.24. The van der Waals surface area contributed by atoms with Crippen LogP contribution in [0.2, 0.25) is 0 Å². The predicted octanol–water partition coefficient (Wildman–Crippen LogP) is 1.77. The molecule has 0 aliphatic carbocycles. The fourth-order valence-corrected chi connectivity index (χ4v) is 1.59. The highest BCUT2D eigenvalue weighted by Crippen LogP contribution is 2.14. The van der Waals surface area contributed by atoms with Gasteiger partial charge in [-0.1, -0.05) is 15.9 Å². The number of rotatable bonds is 4. The van der Waals surface area contributed by atoms with Gasteiger partial charge < -0.3 is 10.1 Å². The molecule has 0 aliphatic heterocycles. The zero-order chi connectivity index (χ0) is 14.6. The van der Waals surface area contributed by atoms with Gasteiger partial charge >= 0.3 is 5.97 Å². The number of carbonyl (C=O) groups excluding carboxylic acids is 2. The van der Waals surface area contributed by atoms with Gasteiger partial charge in [-0.25, -0.2) is 13.2 Å². The Morgan fingerprint density at radius 3 is 2.32 bits per heavy atom. The highest BCUT2D eigenvalue weighted by molar-refractivity contribution is 9.10. The first-order chi connectivity index (χ1) is 8.86. The normalized spacial score (nSPS) is 11.8. The lowest BCUT2D eigenvalue weighted by molar-refractivity contribution is -0.139. The molecular weight excluding hydrogens is 331 g/mol. The van der Waals surface area contributed by atoms with Crippen LogP contribution < -0.4 is 5.32 Å². The molecule has 0 saturated carbocycles. The van der Waals surface area contributed by atoms with Crippen molar-refractivity contribution in [2.24, 2.45) is 0 Å². The second kappa shape index (κ2) is 6.55. The molecule has 0 heterocycles. The smallest absolute Gasteiger partial charge is 0.321 e. The van der Waals surface area contributed by atoms with Gasteiger partial charge in [-0.15, -0.1) is 0 Å². The van der Waals surface area contributed by atoms with Crippen LogP contribution in [0.3, 0.4) is 0 Å². The molecule has 1 unspecified atom stereocenters. The predicted molar refractivity (Wildman–Crippen MR) is 63.4 cm³/mol. The summed E-state index contributed by atoms with van der Waals surface area (Å²) in [6.45, 7) is -0.234. The average molecular weight is 340 g/mol. The Hall–Kier alpha value is -1.57. The Balaban J connectivity index is 2.77. The summed E-state index contributed by atoms with van der Waals surface area (Å²) in [4.78, 5) is 21.7. The van der Waals surface area contributed by atoms with Crippen LogP contribution in [0.15, 0.2) is 12.1 Å². The molecule has 1 rings (SSSR count). The number of esters is 1. The van der Waals surface area contributed by atoms with Crippen molar-refractivity contribution in [1.29, 1.82) is 0 Å². The van der Waals surface area contributed by atoms with Gasteiger partial charge in [0.25, 0.3) is 5.91 Å². The molecule has 0 bridgehead atoms. The molecule has 1 amide bonds. The Morgan fingerprint density at radius 1 is 1.32 bits per heavy atom. The molecule has 0 aliphatic rings. The van der Waals surface area contributed by atoms with E-state index >= 15 is 0 Å². The zero-order valence-electron chi connectivity index (χ0n) is 9.68. The van der Waals surface area contributed by atoms with Gasteiger partial charge in [0.2, 0.25) is 0 Å². The molecule has 19 heavy (non-hydrogen) atoms. The number of methoxy groups -OCH3 is 1. The number of nitrogens with one attached hydrogen (secondary N) is 1. The SMILES string of the molecule is COC(=O)C(Br)CNC(=O)c1c(F)cc(F)cc1F. The summed E-state index contributed by atoms with van der Waals surface area (Å²) in [5.74, 6) is -5.51. The first kappa shape index (κ1) is 15.5. The molecule has 1 aromatic carbocycles. The van der Waals surface area contributed by atoms with E-state index in [1.54, 1.807) is 0 Å². The lowest BCUT2D eigenvalue weighted by Gasteiger charge is -2.10. The quantitative estimate of drug-likeness (QED) is 0.671. The van der Waals surface area contributed by atoms with Crippen molar-refractivity contribution in [3.63, 3.8) is 0 Å². The maximum Gasteiger partial charge on any atom is 0.321 e. The molecule has 0 spiro atoms. The lowest BCUT2D eigenvalue weighted by Crippen LogP contribution is -2.34. The molecule has 0 radical (unpaired) electrons. The van der Waals surface area contributed by atoms with E-state index in [-0.39, 0.29) is 6.54 Å². The Kier molecular flexibility index (Phi) is 5.34. The molecule has 104 valence electrons.